The van der Waals surface area contributed by atoms with Crippen LogP contribution in [0.15, 0.2) is 70.9 Å². The molecule has 0 spiro atoms. The highest BCUT2D eigenvalue weighted by Gasteiger charge is 2.15. The van der Waals surface area contributed by atoms with Gasteiger partial charge in [0.1, 0.15) is 12.4 Å². The standard InChI is InChI=1S/C23H24N4O2S/c1-16-13-17(2)26-23(25-16)30-18(3)22(28)27-24-14-19-9-11-21(12-10-19)29-15-20-7-5-4-6-8-20/h4-14,18H,15H2,1-3H3,(H,27,28)/t18-/m1/s1. The molecule has 0 bridgehead atoms. The van der Waals surface area contributed by atoms with Crippen molar-refractivity contribution in [2.24, 2.45) is 5.10 Å². The van der Waals surface area contributed by atoms with E-state index in [1.807, 2.05) is 74.5 Å². The summed E-state index contributed by atoms with van der Waals surface area (Å²) >= 11 is 1.31. The molecule has 2 aromatic carbocycles. The first-order valence-corrected chi connectivity index (χ1v) is 10.5. The number of aryl methyl sites for hydroxylation is 2. The van der Waals surface area contributed by atoms with E-state index in [2.05, 4.69) is 20.5 Å². The normalized spacial score (nSPS) is 12.0. The number of nitrogens with one attached hydrogen (secondary N) is 1. The van der Waals surface area contributed by atoms with Gasteiger partial charge in [0, 0.05) is 11.4 Å². The van der Waals surface area contributed by atoms with Crippen molar-refractivity contribution in [1.29, 1.82) is 0 Å². The summed E-state index contributed by atoms with van der Waals surface area (Å²) < 4.78 is 5.77. The highest BCUT2D eigenvalue weighted by molar-refractivity contribution is 8.00. The summed E-state index contributed by atoms with van der Waals surface area (Å²) in [5.41, 5.74) is 6.30. The van der Waals surface area contributed by atoms with Crippen molar-refractivity contribution in [1.82, 2.24) is 15.4 Å². The average molecular weight is 421 g/mol. The fourth-order valence-corrected chi connectivity index (χ4v) is 3.48. The lowest BCUT2D eigenvalue weighted by Crippen LogP contribution is -2.27. The van der Waals surface area contributed by atoms with Crippen LogP contribution < -0.4 is 10.2 Å². The van der Waals surface area contributed by atoms with Gasteiger partial charge in [0.2, 0.25) is 0 Å². The maximum atomic E-state index is 12.3. The van der Waals surface area contributed by atoms with Gasteiger partial charge in [-0.15, -0.1) is 0 Å². The zero-order chi connectivity index (χ0) is 21.3. The summed E-state index contributed by atoms with van der Waals surface area (Å²) in [6, 6.07) is 19.4. The molecule has 1 heterocycles. The van der Waals surface area contributed by atoms with E-state index in [1.54, 1.807) is 13.1 Å². The molecule has 0 saturated carbocycles. The number of aromatic nitrogens is 2. The molecule has 0 fully saturated rings. The van der Waals surface area contributed by atoms with E-state index in [0.29, 0.717) is 11.8 Å². The van der Waals surface area contributed by atoms with E-state index >= 15 is 0 Å². The van der Waals surface area contributed by atoms with Crippen LogP contribution in [0.4, 0.5) is 0 Å². The SMILES string of the molecule is Cc1cc(C)nc(S[C@H](C)C(=O)NN=Cc2ccc(OCc3ccccc3)cc2)n1. The van der Waals surface area contributed by atoms with E-state index in [9.17, 15) is 4.79 Å². The predicted octanol–water partition coefficient (Wildman–Crippen LogP) is 4.30. The van der Waals surface area contributed by atoms with Crippen molar-refractivity contribution in [3.63, 3.8) is 0 Å². The second kappa shape index (κ2) is 10.5. The molecular weight excluding hydrogens is 396 g/mol. The molecule has 1 amide bonds. The third-order valence-corrected chi connectivity index (χ3v) is 5.09. The van der Waals surface area contributed by atoms with Crippen LogP contribution in [0.5, 0.6) is 5.75 Å². The van der Waals surface area contributed by atoms with Gasteiger partial charge in [-0.25, -0.2) is 15.4 Å². The Balaban J connectivity index is 1.47. The molecule has 3 rings (SSSR count). The lowest BCUT2D eigenvalue weighted by atomic mass is 10.2. The number of benzene rings is 2. The van der Waals surface area contributed by atoms with Gasteiger partial charge in [-0.1, -0.05) is 42.1 Å². The van der Waals surface area contributed by atoms with Crippen molar-refractivity contribution < 1.29 is 9.53 Å². The number of amides is 1. The van der Waals surface area contributed by atoms with Gasteiger partial charge in [-0.05, 0) is 62.2 Å². The van der Waals surface area contributed by atoms with E-state index in [1.165, 1.54) is 11.8 Å². The summed E-state index contributed by atoms with van der Waals surface area (Å²) in [5, 5.41) is 4.27. The molecule has 7 heteroatoms. The summed E-state index contributed by atoms with van der Waals surface area (Å²) in [4.78, 5) is 21.0. The Morgan fingerprint density at radius 1 is 1.10 bits per heavy atom. The van der Waals surface area contributed by atoms with Crippen LogP contribution >= 0.6 is 11.8 Å². The zero-order valence-corrected chi connectivity index (χ0v) is 18.0. The molecule has 3 aromatic rings. The highest BCUT2D eigenvalue weighted by atomic mass is 32.2. The Morgan fingerprint density at radius 2 is 1.77 bits per heavy atom. The number of ether oxygens (including phenoxy) is 1. The summed E-state index contributed by atoms with van der Waals surface area (Å²) in [5.74, 6) is 0.570. The lowest BCUT2D eigenvalue weighted by molar-refractivity contribution is -0.120. The van der Waals surface area contributed by atoms with Gasteiger partial charge in [-0.3, -0.25) is 4.79 Å². The quantitative estimate of drug-likeness (QED) is 0.254. The number of rotatable bonds is 8. The molecule has 0 saturated heterocycles. The Labute approximate surface area is 180 Å². The van der Waals surface area contributed by atoms with Crippen LogP contribution in [0.25, 0.3) is 0 Å². The fraction of sp³-hybridized carbons (Fsp3) is 0.217. The second-order valence-electron chi connectivity index (χ2n) is 6.77. The number of nitrogens with zero attached hydrogens (tertiary/aromatic N) is 3. The minimum absolute atomic E-state index is 0.207. The predicted molar refractivity (Wildman–Crippen MR) is 120 cm³/mol. The van der Waals surface area contributed by atoms with Crippen molar-refractivity contribution in [2.45, 2.75) is 37.8 Å². The van der Waals surface area contributed by atoms with E-state index in [-0.39, 0.29) is 11.2 Å². The van der Waals surface area contributed by atoms with Gasteiger partial charge < -0.3 is 4.74 Å². The maximum Gasteiger partial charge on any atom is 0.253 e. The molecule has 0 aliphatic rings. The number of hydrogen-bond acceptors (Lipinski definition) is 6. The fourth-order valence-electron chi connectivity index (χ4n) is 2.61. The molecule has 1 N–H and O–H groups in total. The molecule has 0 aliphatic carbocycles. The smallest absolute Gasteiger partial charge is 0.253 e. The van der Waals surface area contributed by atoms with Crippen molar-refractivity contribution >= 4 is 23.9 Å². The molecule has 0 aliphatic heterocycles. The second-order valence-corrected chi connectivity index (χ2v) is 8.08. The molecule has 0 unspecified atom stereocenters. The van der Waals surface area contributed by atoms with Crippen LogP contribution in [0.3, 0.4) is 0 Å². The molecule has 1 aromatic heterocycles. The van der Waals surface area contributed by atoms with E-state index in [0.717, 1.165) is 28.3 Å². The average Bonchev–Trinajstić information content (AvgIpc) is 2.73. The highest BCUT2D eigenvalue weighted by Crippen LogP contribution is 2.20. The number of carbonyl (C=O) groups excluding carboxylic acids is 1. The van der Waals surface area contributed by atoms with Gasteiger partial charge in [0.25, 0.3) is 5.91 Å². The molecule has 30 heavy (non-hydrogen) atoms. The van der Waals surface area contributed by atoms with Crippen LogP contribution in [0, 0.1) is 13.8 Å². The summed E-state index contributed by atoms with van der Waals surface area (Å²) in [7, 11) is 0. The lowest BCUT2D eigenvalue weighted by Gasteiger charge is -2.09. The molecule has 1 atom stereocenters. The first kappa shape index (κ1) is 21.5. The third-order valence-electron chi connectivity index (χ3n) is 4.13. The maximum absolute atomic E-state index is 12.3. The number of hydrazone groups is 1. The third kappa shape index (κ3) is 6.70. The molecule has 6 nitrogen and oxygen atoms in total. The topological polar surface area (TPSA) is 76.5 Å². The molecular formula is C23H24N4O2S. The minimum Gasteiger partial charge on any atom is -0.489 e. The largest absolute Gasteiger partial charge is 0.489 e. The van der Waals surface area contributed by atoms with Crippen LogP contribution in [-0.2, 0) is 11.4 Å². The van der Waals surface area contributed by atoms with Gasteiger partial charge in [0.15, 0.2) is 5.16 Å². The Morgan fingerprint density at radius 3 is 2.43 bits per heavy atom. The molecule has 0 radical (unpaired) electrons. The zero-order valence-electron chi connectivity index (χ0n) is 17.2. The number of carbonyl (C=O) groups is 1. The van der Waals surface area contributed by atoms with Crippen LogP contribution in [-0.4, -0.2) is 27.3 Å². The Hall–Kier alpha value is -3.19. The van der Waals surface area contributed by atoms with Crippen LogP contribution in [0.1, 0.15) is 29.4 Å². The van der Waals surface area contributed by atoms with Crippen molar-refractivity contribution in [3.05, 3.63) is 83.2 Å². The van der Waals surface area contributed by atoms with Gasteiger partial charge in [-0.2, -0.15) is 5.10 Å². The van der Waals surface area contributed by atoms with Gasteiger partial charge >= 0.3 is 0 Å². The number of thioether (sulfide) groups is 1. The first-order valence-electron chi connectivity index (χ1n) is 9.58. The summed E-state index contributed by atoms with van der Waals surface area (Å²) in [6.07, 6.45) is 1.60. The monoisotopic (exact) mass is 420 g/mol. The van der Waals surface area contributed by atoms with Crippen LogP contribution in [0.2, 0.25) is 0 Å². The minimum atomic E-state index is -0.364. The Kier molecular flexibility index (Phi) is 7.57. The molecule has 154 valence electrons. The van der Waals surface area contributed by atoms with E-state index < -0.39 is 0 Å². The van der Waals surface area contributed by atoms with Gasteiger partial charge in [0.05, 0.1) is 11.5 Å². The Bertz CT molecular complexity index is 987. The van der Waals surface area contributed by atoms with Crippen molar-refractivity contribution in [3.8, 4) is 5.75 Å². The first-order chi connectivity index (χ1) is 14.5. The summed E-state index contributed by atoms with van der Waals surface area (Å²) in [6.45, 7) is 6.14. The van der Waals surface area contributed by atoms with Crippen molar-refractivity contribution in [2.75, 3.05) is 0 Å². The number of hydrogen-bond donors (Lipinski definition) is 1. The van der Waals surface area contributed by atoms with E-state index in [4.69, 9.17) is 4.74 Å².